The van der Waals surface area contributed by atoms with Gasteiger partial charge in [-0.1, -0.05) is 6.07 Å². The summed E-state index contributed by atoms with van der Waals surface area (Å²) < 4.78 is 25.6. The summed E-state index contributed by atoms with van der Waals surface area (Å²) in [7, 11) is 0. The van der Waals surface area contributed by atoms with Crippen LogP contribution in [0.15, 0.2) is 18.3 Å². The molecular formula is C11H13F2NO. The number of halogens is 2. The van der Waals surface area contributed by atoms with Crippen LogP contribution in [0.25, 0.3) is 0 Å². The zero-order valence-corrected chi connectivity index (χ0v) is 8.54. The fourth-order valence-corrected chi connectivity index (χ4v) is 1.22. The molecule has 0 radical (unpaired) electrons. The minimum absolute atomic E-state index is 0.221. The van der Waals surface area contributed by atoms with E-state index in [0.29, 0.717) is 12.8 Å². The summed E-state index contributed by atoms with van der Waals surface area (Å²) in [6, 6.07) is 2.96. The number of nitrogens with zero attached hydrogens (tertiary/aromatic N) is 1. The Morgan fingerprint density at radius 2 is 2.20 bits per heavy atom. The van der Waals surface area contributed by atoms with Crippen molar-refractivity contribution in [1.29, 1.82) is 0 Å². The molecular weight excluding hydrogens is 200 g/mol. The van der Waals surface area contributed by atoms with Crippen LogP contribution in [0.1, 0.15) is 31.0 Å². The third-order valence-electron chi connectivity index (χ3n) is 2.06. The van der Waals surface area contributed by atoms with Crippen molar-refractivity contribution in [3.05, 3.63) is 29.6 Å². The summed E-state index contributed by atoms with van der Waals surface area (Å²) in [6.07, 6.45) is 4.21. The third kappa shape index (κ3) is 3.73. The van der Waals surface area contributed by atoms with Gasteiger partial charge >= 0.3 is 0 Å². The molecule has 4 heteroatoms. The summed E-state index contributed by atoms with van der Waals surface area (Å²) in [5, 5.41) is 0. The number of carbonyl (C=O) groups is 1. The Bertz CT molecular complexity index is 316. The number of aryl methyl sites for hydroxylation is 1. The Morgan fingerprint density at radius 1 is 1.47 bits per heavy atom. The molecule has 1 heterocycles. The Hall–Kier alpha value is -1.32. The first-order valence-electron chi connectivity index (χ1n) is 4.81. The lowest BCUT2D eigenvalue weighted by Gasteiger charge is -2.09. The van der Waals surface area contributed by atoms with E-state index in [2.05, 4.69) is 4.98 Å². The number of alkyl halides is 2. The molecule has 0 fully saturated rings. The van der Waals surface area contributed by atoms with Crippen LogP contribution in [0.5, 0.6) is 0 Å². The highest BCUT2D eigenvalue weighted by molar-refractivity contribution is 5.49. The van der Waals surface area contributed by atoms with Crippen molar-refractivity contribution < 1.29 is 13.6 Å². The fraction of sp³-hybridized carbons (Fsp3) is 0.455. The first kappa shape index (κ1) is 11.8. The molecule has 0 saturated carbocycles. The van der Waals surface area contributed by atoms with Crippen LogP contribution in [-0.2, 0) is 17.1 Å². The van der Waals surface area contributed by atoms with Gasteiger partial charge in [-0.05, 0) is 24.5 Å². The van der Waals surface area contributed by atoms with Gasteiger partial charge in [0.1, 0.15) is 12.0 Å². The molecule has 1 aromatic rings. The maximum absolute atomic E-state index is 12.8. The molecule has 0 aliphatic heterocycles. The largest absolute Gasteiger partial charge is 0.303 e. The minimum Gasteiger partial charge on any atom is -0.303 e. The lowest BCUT2D eigenvalue weighted by atomic mass is 10.1. The molecule has 15 heavy (non-hydrogen) atoms. The van der Waals surface area contributed by atoms with E-state index < -0.39 is 5.92 Å². The molecule has 2 nitrogen and oxygen atoms in total. The van der Waals surface area contributed by atoms with Crippen molar-refractivity contribution in [2.45, 2.75) is 32.1 Å². The summed E-state index contributed by atoms with van der Waals surface area (Å²) in [4.78, 5) is 13.8. The van der Waals surface area contributed by atoms with Gasteiger partial charge in [0.15, 0.2) is 0 Å². The highest BCUT2D eigenvalue weighted by atomic mass is 19.3. The van der Waals surface area contributed by atoms with E-state index in [1.54, 1.807) is 6.07 Å². The van der Waals surface area contributed by atoms with E-state index in [4.69, 9.17) is 0 Å². The predicted molar refractivity (Wildman–Crippen MR) is 52.8 cm³/mol. The molecule has 1 aromatic heterocycles. The predicted octanol–water partition coefficient (Wildman–Crippen LogP) is 2.71. The van der Waals surface area contributed by atoms with Gasteiger partial charge in [0.05, 0.1) is 0 Å². The molecule has 0 saturated heterocycles. The summed E-state index contributed by atoms with van der Waals surface area (Å²) in [5.74, 6) is -2.89. The van der Waals surface area contributed by atoms with Crippen molar-refractivity contribution in [2.75, 3.05) is 0 Å². The van der Waals surface area contributed by atoms with Gasteiger partial charge in [-0.25, -0.2) is 0 Å². The summed E-state index contributed by atoms with van der Waals surface area (Å²) in [5.41, 5.74) is 0.659. The minimum atomic E-state index is -2.89. The highest BCUT2D eigenvalue weighted by Gasteiger charge is 2.25. The van der Waals surface area contributed by atoms with Gasteiger partial charge in [-0.2, -0.15) is 8.78 Å². The van der Waals surface area contributed by atoms with Crippen molar-refractivity contribution in [3.8, 4) is 0 Å². The Kier molecular flexibility index (Phi) is 3.88. The average Bonchev–Trinajstić information content (AvgIpc) is 2.18. The second-order valence-corrected chi connectivity index (χ2v) is 3.50. The number of pyridine rings is 1. The fourth-order valence-electron chi connectivity index (χ4n) is 1.22. The first-order chi connectivity index (χ1) is 7.04. The Morgan fingerprint density at radius 3 is 2.67 bits per heavy atom. The van der Waals surface area contributed by atoms with Crippen LogP contribution in [-0.4, -0.2) is 11.3 Å². The number of aldehydes is 1. The van der Waals surface area contributed by atoms with Crippen molar-refractivity contribution in [3.63, 3.8) is 0 Å². The summed E-state index contributed by atoms with van der Waals surface area (Å²) >= 11 is 0. The second-order valence-electron chi connectivity index (χ2n) is 3.50. The molecule has 0 atom stereocenters. The number of aromatic nitrogens is 1. The molecule has 0 aromatic carbocycles. The van der Waals surface area contributed by atoms with Gasteiger partial charge in [0, 0.05) is 19.5 Å². The van der Waals surface area contributed by atoms with Gasteiger partial charge in [0.25, 0.3) is 5.92 Å². The molecule has 0 unspecified atom stereocenters. The Labute approximate surface area is 87.3 Å². The average molecular weight is 213 g/mol. The van der Waals surface area contributed by atoms with Crippen LogP contribution in [0.4, 0.5) is 8.78 Å². The van der Waals surface area contributed by atoms with Gasteiger partial charge in [0.2, 0.25) is 0 Å². The molecule has 0 aliphatic rings. The molecule has 0 N–H and O–H groups in total. The SMILES string of the molecule is CC(F)(F)c1ccc(CCCC=O)cn1. The first-order valence-corrected chi connectivity index (χ1v) is 4.81. The number of hydrogen-bond acceptors (Lipinski definition) is 2. The topological polar surface area (TPSA) is 30.0 Å². The van der Waals surface area contributed by atoms with Gasteiger partial charge < -0.3 is 4.79 Å². The van der Waals surface area contributed by atoms with Gasteiger partial charge in [-0.3, -0.25) is 4.98 Å². The molecule has 0 amide bonds. The van der Waals surface area contributed by atoms with E-state index in [1.165, 1.54) is 12.3 Å². The van der Waals surface area contributed by atoms with E-state index in [1.807, 2.05) is 0 Å². The quantitative estimate of drug-likeness (QED) is 0.556. The maximum atomic E-state index is 12.8. The van der Waals surface area contributed by atoms with E-state index >= 15 is 0 Å². The monoisotopic (exact) mass is 213 g/mol. The van der Waals surface area contributed by atoms with Crippen LogP contribution in [0, 0.1) is 0 Å². The van der Waals surface area contributed by atoms with Crippen LogP contribution < -0.4 is 0 Å². The third-order valence-corrected chi connectivity index (χ3v) is 2.06. The van der Waals surface area contributed by atoms with Crippen LogP contribution in [0.3, 0.4) is 0 Å². The molecule has 0 aliphatic carbocycles. The van der Waals surface area contributed by atoms with Crippen molar-refractivity contribution in [1.82, 2.24) is 4.98 Å². The molecule has 0 spiro atoms. The summed E-state index contributed by atoms with van der Waals surface area (Å²) in [6.45, 7) is 0.821. The van der Waals surface area contributed by atoms with Crippen LogP contribution >= 0.6 is 0 Å². The lowest BCUT2D eigenvalue weighted by molar-refractivity contribution is -0.107. The van der Waals surface area contributed by atoms with E-state index in [0.717, 1.165) is 25.2 Å². The zero-order valence-electron chi connectivity index (χ0n) is 8.54. The molecule has 1 rings (SSSR count). The molecule has 82 valence electrons. The van der Waals surface area contributed by atoms with Crippen LogP contribution in [0.2, 0.25) is 0 Å². The zero-order chi connectivity index (χ0) is 11.3. The maximum Gasteiger partial charge on any atom is 0.286 e. The smallest absolute Gasteiger partial charge is 0.286 e. The highest BCUT2D eigenvalue weighted by Crippen LogP contribution is 2.24. The molecule has 0 bridgehead atoms. The number of carbonyl (C=O) groups excluding carboxylic acids is 1. The number of hydrogen-bond donors (Lipinski definition) is 0. The lowest BCUT2D eigenvalue weighted by Crippen LogP contribution is -2.09. The Balaban J connectivity index is 2.60. The number of unbranched alkanes of at least 4 members (excludes halogenated alkanes) is 1. The van der Waals surface area contributed by atoms with Crippen molar-refractivity contribution in [2.24, 2.45) is 0 Å². The van der Waals surface area contributed by atoms with E-state index in [9.17, 15) is 13.6 Å². The van der Waals surface area contributed by atoms with E-state index in [-0.39, 0.29) is 5.69 Å². The van der Waals surface area contributed by atoms with Crippen molar-refractivity contribution >= 4 is 6.29 Å². The normalized spacial score (nSPS) is 11.4. The number of rotatable bonds is 5. The second kappa shape index (κ2) is 4.96. The van der Waals surface area contributed by atoms with Gasteiger partial charge in [-0.15, -0.1) is 0 Å². The standard InChI is InChI=1S/C11H13F2NO/c1-11(12,13)10-6-5-9(8-14-10)4-2-3-7-15/h5-8H,2-4H2,1H3.